The molecule has 2 fully saturated rings. The second-order valence-electron chi connectivity index (χ2n) is 5.93. The molecule has 0 aromatic carbocycles. The average Bonchev–Trinajstić information content (AvgIpc) is 2.97. The van der Waals surface area contributed by atoms with E-state index in [-0.39, 0.29) is 0 Å². The molecule has 0 amide bonds. The van der Waals surface area contributed by atoms with Gasteiger partial charge in [-0.2, -0.15) is 0 Å². The summed E-state index contributed by atoms with van der Waals surface area (Å²) in [6, 6.07) is 0. The highest BCUT2D eigenvalue weighted by Crippen LogP contribution is 2.29. The molecule has 6 nitrogen and oxygen atoms in total. The fraction of sp³-hybridized carbons (Fsp3) is 0.929. The molecule has 0 aromatic rings. The molecule has 0 saturated carbocycles. The van der Waals surface area contributed by atoms with E-state index in [1.807, 2.05) is 6.92 Å². The Kier molecular flexibility index (Phi) is 5.48. The lowest BCUT2D eigenvalue weighted by atomic mass is 9.99. The van der Waals surface area contributed by atoms with Gasteiger partial charge in [0.25, 0.3) is 0 Å². The Hall–Kier alpha value is -0.820. The summed E-state index contributed by atoms with van der Waals surface area (Å²) in [5, 5.41) is 3.28. The molecule has 7 heteroatoms. The Morgan fingerprint density at radius 1 is 1.29 bits per heavy atom. The Morgan fingerprint density at radius 3 is 2.43 bits per heavy atom. The van der Waals surface area contributed by atoms with Gasteiger partial charge < -0.3 is 15.0 Å². The van der Waals surface area contributed by atoms with Crippen molar-refractivity contribution in [3.05, 3.63) is 0 Å². The van der Waals surface area contributed by atoms with Crippen LogP contribution in [0.25, 0.3) is 0 Å². The number of hydrogen-bond acceptors (Lipinski definition) is 4. The number of ether oxygens (including phenoxy) is 1. The average molecular weight is 317 g/mol. The third-order valence-corrected chi connectivity index (χ3v) is 6.56. The molecule has 2 rings (SSSR count). The Labute approximate surface area is 127 Å². The Balaban J connectivity index is 2.16. The molecule has 0 spiro atoms. The van der Waals surface area contributed by atoms with Crippen LogP contribution in [0.15, 0.2) is 4.99 Å². The standard InChI is InChI=1S/C14H27N3O3S/c1-3-15-13(17-8-4-5-9-17)16-12-14(21(2,18)19)6-10-20-11-7-14/h3-12H2,1-2H3,(H,15,16). The summed E-state index contributed by atoms with van der Waals surface area (Å²) in [5.74, 6) is 0.851. The van der Waals surface area contributed by atoms with Gasteiger partial charge in [-0.25, -0.2) is 8.42 Å². The Bertz CT molecular complexity index is 464. The van der Waals surface area contributed by atoms with E-state index >= 15 is 0 Å². The summed E-state index contributed by atoms with van der Waals surface area (Å²) >= 11 is 0. The molecule has 2 heterocycles. The normalized spacial score (nSPS) is 23.3. The van der Waals surface area contributed by atoms with Gasteiger partial charge in [0.1, 0.15) is 0 Å². The van der Waals surface area contributed by atoms with Crippen molar-refractivity contribution in [1.82, 2.24) is 10.2 Å². The first kappa shape index (κ1) is 16.5. The number of hydrogen-bond donors (Lipinski definition) is 1. The minimum atomic E-state index is -3.16. The van der Waals surface area contributed by atoms with E-state index < -0.39 is 14.6 Å². The predicted octanol–water partition coefficient (Wildman–Crippen LogP) is 0.642. The molecule has 0 aliphatic carbocycles. The second-order valence-corrected chi connectivity index (χ2v) is 8.34. The fourth-order valence-corrected chi connectivity index (χ4v) is 4.17. The van der Waals surface area contributed by atoms with Crippen LogP contribution < -0.4 is 5.32 Å². The number of sulfone groups is 1. The van der Waals surface area contributed by atoms with Crippen molar-refractivity contribution in [3.8, 4) is 0 Å². The van der Waals surface area contributed by atoms with Crippen LogP contribution in [0.1, 0.15) is 32.6 Å². The van der Waals surface area contributed by atoms with E-state index in [0.717, 1.165) is 25.6 Å². The minimum absolute atomic E-state index is 0.327. The highest BCUT2D eigenvalue weighted by atomic mass is 32.2. The topological polar surface area (TPSA) is 71.0 Å². The zero-order chi connectivity index (χ0) is 15.3. The lowest BCUT2D eigenvalue weighted by Gasteiger charge is -2.34. The number of likely N-dealkylation sites (tertiary alicyclic amines) is 1. The van der Waals surface area contributed by atoms with Crippen molar-refractivity contribution in [1.29, 1.82) is 0 Å². The van der Waals surface area contributed by atoms with Gasteiger partial charge in [0, 0.05) is 39.1 Å². The maximum absolute atomic E-state index is 12.2. The SMILES string of the molecule is CCNC(=NCC1(S(C)(=O)=O)CCOCC1)N1CCCC1. The highest BCUT2D eigenvalue weighted by molar-refractivity contribution is 7.92. The van der Waals surface area contributed by atoms with E-state index in [1.165, 1.54) is 19.1 Å². The first-order valence-electron chi connectivity index (χ1n) is 7.79. The molecule has 2 saturated heterocycles. The lowest BCUT2D eigenvalue weighted by molar-refractivity contribution is 0.0767. The molecule has 21 heavy (non-hydrogen) atoms. The van der Waals surface area contributed by atoms with E-state index in [0.29, 0.717) is 32.6 Å². The number of guanidine groups is 1. The number of rotatable bonds is 4. The molecular formula is C14H27N3O3S. The van der Waals surface area contributed by atoms with Crippen molar-refractivity contribution < 1.29 is 13.2 Å². The first-order valence-corrected chi connectivity index (χ1v) is 9.68. The van der Waals surface area contributed by atoms with Crippen LogP contribution in [0.4, 0.5) is 0 Å². The van der Waals surface area contributed by atoms with Crippen LogP contribution in [-0.4, -0.2) is 69.7 Å². The maximum atomic E-state index is 12.2. The van der Waals surface area contributed by atoms with Crippen LogP contribution >= 0.6 is 0 Å². The summed E-state index contributed by atoms with van der Waals surface area (Å²) in [6.45, 7) is 6.16. The fourth-order valence-electron chi connectivity index (χ4n) is 2.96. The molecule has 0 bridgehead atoms. The third kappa shape index (κ3) is 3.88. The van der Waals surface area contributed by atoms with Crippen LogP contribution in [0.2, 0.25) is 0 Å². The molecule has 0 unspecified atom stereocenters. The van der Waals surface area contributed by atoms with E-state index in [9.17, 15) is 8.42 Å². The molecule has 2 aliphatic heterocycles. The van der Waals surface area contributed by atoms with Gasteiger partial charge in [-0.1, -0.05) is 0 Å². The van der Waals surface area contributed by atoms with E-state index in [1.54, 1.807) is 0 Å². The van der Waals surface area contributed by atoms with Gasteiger partial charge in [-0.15, -0.1) is 0 Å². The first-order chi connectivity index (χ1) is 9.98. The minimum Gasteiger partial charge on any atom is -0.381 e. The summed E-state index contributed by atoms with van der Waals surface area (Å²) in [6.07, 6.45) is 4.76. The molecule has 0 aromatic heterocycles. The zero-order valence-corrected chi connectivity index (χ0v) is 13.9. The summed E-state index contributed by atoms with van der Waals surface area (Å²) in [5.41, 5.74) is 0. The number of nitrogens with zero attached hydrogens (tertiary/aromatic N) is 2. The highest BCUT2D eigenvalue weighted by Gasteiger charge is 2.42. The van der Waals surface area contributed by atoms with Gasteiger partial charge in [-0.05, 0) is 32.6 Å². The molecule has 122 valence electrons. The molecule has 0 radical (unpaired) electrons. The third-order valence-electron chi connectivity index (χ3n) is 4.45. The van der Waals surface area contributed by atoms with Crippen molar-refractivity contribution in [2.24, 2.45) is 4.99 Å². The molecular weight excluding hydrogens is 290 g/mol. The van der Waals surface area contributed by atoms with Gasteiger partial charge in [0.2, 0.25) is 0 Å². The molecule has 2 aliphatic rings. The van der Waals surface area contributed by atoms with Crippen molar-refractivity contribution in [3.63, 3.8) is 0 Å². The molecule has 0 atom stereocenters. The predicted molar refractivity (Wildman–Crippen MR) is 84.4 cm³/mol. The van der Waals surface area contributed by atoms with Crippen molar-refractivity contribution in [2.75, 3.05) is 45.6 Å². The van der Waals surface area contributed by atoms with Gasteiger partial charge in [0.15, 0.2) is 15.8 Å². The van der Waals surface area contributed by atoms with Crippen molar-refractivity contribution in [2.45, 2.75) is 37.4 Å². The summed E-state index contributed by atoms with van der Waals surface area (Å²) < 4.78 is 29.1. The quantitative estimate of drug-likeness (QED) is 0.609. The number of aliphatic imine (C=N–C) groups is 1. The zero-order valence-electron chi connectivity index (χ0n) is 13.1. The monoisotopic (exact) mass is 317 g/mol. The second kappa shape index (κ2) is 6.96. The summed E-state index contributed by atoms with van der Waals surface area (Å²) in [4.78, 5) is 6.88. The number of nitrogens with one attached hydrogen (secondary N) is 1. The van der Waals surface area contributed by atoms with Gasteiger partial charge in [0.05, 0.1) is 11.3 Å². The van der Waals surface area contributed by atoms with E-state index in [4.69, 9.17) is 4.74 Å². The van der Waals surface area contributed by atoms with Crippen LogP contribution in [0, 0.1) is 0 Å². The lowest BCUT2D eigenvalue weighted by Crippen LogP contribution is -2.47. The Morgan fingerprint density at radius 2 is 1.90 bits per heavy atom. The maximum Gasteiger partial charge on any atom is 0.193 e. The van der Waals surface area contributed by atoms with Gasteiger partial charge >= 0.3 is 0 Å². The van der Waals surface area contributed by atoms with Crippen LogP contribution in [0.5, 0.6) is 0 Å². The van der Waals surface area contributed by atoms with Gasteiger partial charge in [-0.3, -0.25) is 4.99 Å². The largest absolute Gasteiger partial charge is 0.381 e. The van der Waals surface area contributed by atoms with Crippen LogP contribution in [0.3, 0.4) is 0 Å². The van der Waals surface area contributed by atoms with Crippen LogP contribution in [-0.2, 0) is 14.6 Å². The van der Waals surface area contributed by atoms with Crippen molar-refractivity contribution >= 4 is 15.8 Å². The smallest absolute Gasteiger partial charge is 0.193 e. The van der Waals surface area contributed by atoms with E-state index in [2.05, 4.69) is 15.2 Å². The summed E-state index contributed by atoms with van der Waals surface area (Å²) in [7, 11) is -3.16. The molecule has 1 N–H and O–H groups in total.